The Labute approximate surface area is 119 Å². The van der Waals surface area contributed by atoms with Gasteiger partial charge >= 0.3 is 0 Å². The number of aliphatic hydroxyl groups is 1. The molecule has 3 rings (SSSR count). The zero-order valence-electron chi connectivity index (χ0n) is 11.3. The Morgan fingerprint density at radius 3 is 2.45 bits per heavy atom. The summed E-state index contributed by atoms with van der Waals surface area (Å²) in [5, 5.41) is 19.3. The highest BCUT2D eigenvalue weighted by Gasteiger charge is 2.53. The summed E-state index contributed by atoms with van der Waals surface area (Å²) in [4.78, 5) is 0. The molecule has 0 aromatic heterocycles. The second-order valence-corrected chi connectivity index (χ2v) is 8.52. The van der Waals surface area contributed by atoms with Crippen LogP contribution in [0.1, 0.15) is 42.4 Å². The van der Waals surface area contributed by atoms with E-state index in [0.717, 1.165) is 5.56 Å². The maximum atomic E-state index is 12.1. The second kappa shape index (κ2) is 4.31. The van der Waals surface area contributed by atoms with Crippen molar-refractivity contribution in [2.75, 3.05) is 0 Å². The summed E-state index contributed by atoms with van der Waals surface area (Å²) in [7, 11) is -3.08. The van der Waals surface area contributed by atoms with E-state index in [1.54, 1.807) is 12.1 Å². The lowest BCUT2D eigenvalue weighted by molar-refractivity contribution is 0.0170. The number of hydrogen-bond acceptors (Lipinski definition) is 4. The fourth-order valence-corrected chi connectivity index (χ4v) is 6.11. The highest BCUT2D eigenvalue weighted by atomic mass is 32.2. The van der Waals surface area contributed by atoms with Crippen molar-refractivity contribution in [2.24, 2.45) is 0 Å². The Hall–Kier alpha value is -1.38. The van der Waals surface area contributed by atoms with Crippen LogP contribution in [0.15, 0.2) is 18.2 Å². The van der Waals surface area contributed by atoms with E-state index in [9.17, 15) is 18.8 Å². The first-order valence-corrected chi connectivity index (χ1v) is 8.44. The lowest BCUT2D eigenvalue weighted by atomic mass is 9.83. The first-order chi connectivity index (χ1) is 9.37. The normalized spacial score (nSPS) is 34.6. The van der Waals surface area contributed by atoms with Gasteiger partial charge in [0.1, 0.15) is 0 Å². The van der Waals surface area contributed by atoms with E-state index in [4.69, 9.17) is 0 Å². The maximum Gasteiger partial charge on any atom is 0.156 e. The summed E-state index contributed by atoms with van der Waals surface area (Å²) in [5.74, 6) is 0. The van der Waals surface area contributed by atoms with Gasteiger partial charge in [0.05, 0.1) is 27.7 Å². The molecule has 2 saturated heterocycles. The molecule has 1 aromatic carbocycles. The molecule has 2 heterocycles. The van der Waals surface area contributed by atoms with E-state index in [1.807, 2.05) is 13.0 Å². The molecule has 4 nitrogen and oxygen atoms in total. The summed E-state index contributed by atoms with van der Waals surface area (Å²) < 4.78 is 24.3. The maximum absolute atomic E-state index is 12.1. The number of rotatable bonds is 1. The van der Waals surface area contributed by atoms with Gasteiger partial charge in [0.25, 0.3) is 0 Å². The van der Waals surface area contributed by atoms with Crippen molar-refractivity contribution in [3.8, 4) is 6.07 Å². The smallest absolute Gasteiger partial charge is 0.156 e. The third-order valence-electron chi connectivity index (χ3n) is 4.67. The molecule has 0 spiro atoms. The Bertz CT molecular complexity index is 682. The Balaban J connectivity index is 2.06. The summed E-state index contributed by atoms with van der Waals surface area (Å²) in [5.41, 5.74) is 0.805. The van der Waals surface area contributed by atoms with Crippen LogP contribution < -0.4 is 0 Å². The third-order valence-corrected chi connectivity index (χ3v) is 7.33. The van der Waals surface area contributed by atoms with E-state index in [1.165, 1.54) is 0 Å². The predicted molar refractivity (Wildman–Crippen MR) is 74.8 cm³/mol. The number of hydrogen-bond donors (Lipinski definition) is 1. The monoisotopic (exact) mass is 291 g/mol. The van der Waals surface area contributed by atoms with Crippen LogP contribution in [0.4, 0.5) is 0 Å². The molecule has 20 heavy (non-hydrogen) atoms. The molecule has 2 atom stereocenters. The van der Waals surface area contributed by atoms with E-state index in [0.29, 0.717) is 24.0 Å². The van der Waals surface area contributed by atoms with Crippen molar-refractivity contribution in [3.63, 3.8) is 0 Å². The Morgan fingerprint density at radius 2 is 1.90 bits per heavy atom. The molecular formula is C15H17NO3S. The first-order valence-electron chi connectivity index (χ1n) is 6.83. The van der Waals surface area contributed by atoms with Crippen LogP contribution in [0.25, 0.3) is 0 Å². The number of nitrogens with zero attached hydrogens (tertiary/aromatic N) is 1. The minimum Gasteiger partial charge on any atom is -0.385 e. The standard InChI is InChI=1S/C15H17NO3S/c1-10-2-5-14(11(6-10)9-16)15(17)7-12-3-4-13(8-15)20(12,18)19/h2,5-6,12-13,17H,3-4,7-8H2,1H3. The molecule has 106 valence electrons. The molecular weight excluding hydrogens is 274 g/mol. The largest absolute Gasteiger partial charge is 0.385 e. The van der Waals surface area contributed by atoms with Crippen molar-refractivity contribution >= 4 is 9.84 Å². The zero-order chi connectivity index (χ0) is 14.5. The van der Waals surface area contributed by atoms with Gasteiger partial charge in [-0.05, 0) is 44.2 Å². The zero-order valence-corrected chi connectivity index (χ0v) is 12.2. The van der Waals surface area contributed by atoms with Gasteiger partial charge in [-0.15, -0.1) is 0 Å². The number of nitriles is 1. The second-order valence-electron chi connectivity index (χ2n) is 6.01. The molecule has 1 aromatic rings. The summed E-state index contributed by atoms with van der Waals surface area (Å²) in [6.45, 7) is 1.89. The highest BCUT2D eigenvalue weighted by molar-refractivity contribution is 7.93. The van der Waals surface area contributed by atoms with Crippen molar-refractivity contribution in [2.45, 2.75) is 48.7 Å². The summed E-state index contributed by atoms with van der Waals surface area (Å²) in [6, 6.07) is 7.50. The van der Waals surface area contributed by atoms with Gasteiger partial charge in [0, 0.05) is 5.56 Å². The highest BCUT2D eigenvalue weighted by Crippen LogP contribution is 2.48. The SMILES string of the molecule is Cc1ccc(C2(O)CC3CCC(C2)S3(=O)=O)c(C#N)c1. The average Bonchev–Trinajstić information content (AvgIpc) is 2.58. The van der Waals surface area contributed by atoms with Gasteiger partial charge in [0.2, 0.25) is 0 Å². The van der Waals surface area contributed by atoms with E-state index < -0.39 is 25.9 Å². The fraction of sp³-hybridized carbons (Fsp3) is 0.533. The van der Waals surface area contributed by atoms with E-state index >= 15 is 0 Å². The van der Waals surface area contributed by atoms with Gasteiger partial charge in [-0.3, -0.25) is 0 Å². The molecule has 1 N–H and O–H groups in total. The molecule has 2 fully saturated rings. The van der Waals surface area contributed by atoms with Gasteiger partial charge < -0.3 is 5.11 Å². The van der Waals surface area contributed by atoms with Crippen LogP contribution in [-0.4, -0.2) is 24.0 Å². The summed E-state index contributed by atoms with van der Waals surface area (Å²) >= 11 is 0. The number of benzene rings is 1. The molecule has 2 bridgehead atoms. The van der Waals surface area contributed by atoms with Crippen LogP contribution in [0.3, 0.4) is 0 Å². The lowest BCUT2D eigenvalue weighted by Crippen LogP contribution is -2.43. The number of aryl methyl sites for hydroxylation is 1. The van der Waals surface area contributed by atoms with Gasteiger partial charge in [-0.2, -0.15) is 5.26 Å². The van der Waals surface area contributed by atoms with Crippen molar-refractivity contribution in [1.29, 1.82) is 5.26 Å². The van der Waals surface area contributed by atoms with Gasteiger partial charge in [0.15, 0.2) is 9.84 Å². The minimum atomic E-state index is -3.08. The number of fused-ring (bicyclic) bond motifs is 2. The van der Waals surface area contributed by atoms with Crippen LogP contribution in [-0.2, 0) is 15.4 Å². The van der Waals surface area contributed by atoms with E-state index in [-0.39, 0.29) is 12.8 Å². The first kappa shape index (κ1) is 13.6. The molecule has 2 aliphatic heterocycles. The van der Waals surface area contributed by atoms with Crippen molar-refractivity contribution < 1.29 is 13.5 Å². The van der Waals surface area contributed by atoms with Crippen molar-refractivity contribution in [1.82, 2.24) is 0 Å². The van der Waals surface area contributed by atoms with Crippen LogP contribution in [0.5, 0.6) is 0 Å². The predicted octanol–water partition coefficient (Wildman–Crippen LogP) is 1.79. The molecule has 2 aliphatic rings. The van der Waals surface area contributed by atoms with Crippen LogP contribution in [0, 0.1) is 18.3 Å². The van der Waals surface area contributed by atoms with Crippen molar-refractivity contribution in [3.05, 3.63) is 34.9 Å². The van der Waals surface area contributed by atoms with Crippen LogP contribution in [0.2, 0.25) is 0 Å². The topological polar surface area (TPSA) is 78.2 Å². The molecule has 0 aliphatic carbocycles. The Morgan fingerprint density at radius 1 is 1.30 bits per heavy atom. The fourth-order valence-electron chi connectivity index (χ4n) is 3.62. The molecule has 5 heteroatoms. The molecule has 0 radical (unpaired) electrons. The van der Waals surface area contributed by atoms with E-state index in [2.05, 4.69) is 6.07 Å². The Kier molecular flexibility index (Phi) is 2.93. The van der Waals surface area contributed by atoms with Gasteiger partial charge in [-0.25, -0.2) is 8.42 Å². The van der Waals surface area contributed by atoms with Gasteiger partial charge in [-0.1, -0.05) is 12.1 Å². The van der Waals surface area contributed by atoms with Crippen LogP contribution >= 0.6 is 0 Å². The number of sulfone groups is 1. The minimum absolute atomic E-state index is 0.212. The molecule has 2 unspecified atom stereocenters. The summed E-state index contributed by atoms with van der Waals surface area (Å²) in [6.07, 6.45) is 1.68. The quantitative estimate of drug-likeness (QED) is 0.855. The molecule has 0 saturated carbocycles. The average molecular weight is 291 g/mol. The third kappa shape index (κ3) is 1.87. The lowest BCUT2D eigenvalue weighted by Gasteiger charge is -2.37. The molecule has 0 amide bonds.